The molecule has 1 fully saturated rings. The molecule has 2 heterocycles. The van der Waals surface area contributed by atoms with Gasteiger partial charge in [-0.3, -0.25) is 4.79 Å². The van der Waals surface area contributed by atoms with Crippen LogP contribution in [0.1, 0.15) is 34.3 Å². The molecule has 2 aliphatic rings. The topological polar surface area (TPSA) is 91.0 Å². The Kier molecular flexibility index (Phi) is 5.27. The standard InChI is InChI=1S/C19H21F3N6O/c20-19(21,22)10-25-17(29)15-9-24-18(28-16(15)26-13-3-4-13)27-14-2-1-12-8-23-6-5-11(12)7-14/h1-2,7,9,13,23H,3-6,8,10H2,(H,25,29)(H2,24,26,27,28). The van der Waals surface area contributed by atoms with Gasteiger partial charge < -0.3 is 21.3 Å². The maximum absolute atomic E-state index is 12.4. The van der Waals surface area contributed by atoms with Crippen LogP contribution >= 0.6 is 0 Å². The summed E-state index contributed by atoms with van der Waals surface area (Å²) >= 11 is 0. The van der Waals surface area contributed by atoms with Gasteiger partial charge in [0.25, 0.3) is 5.91 Å². The third-order valence-corrected chi connectivity index (χ3v) is 4.75. The Bertz CT molecular complexity index is 913. The molecule has 7 nitrogen and oxygen atoms in total. The van der Waals surface area contributed by atoms with E-state index >= 15 is 0 Å². The first kappa shape index (κ1) is 19.4. The average Bonchev–Trinajstić information content (AvgIpc) is 3.50. The molecule has 1 amide bonds. The van der Waals surface area contributed by atoms with Gasteiger partial charge in [0.1, 0.15) is 17.9 Å². The number of alkyl halides is 3. The van der Waals surface area contributed by atoms with Crippen LogP contribution in [0.25, 0.3) is 0 Å². The first-order valence-electron chi connectivity index (χ1n) is 9.45. The number of anilines is 3. The highest BCUT2D eigenvalue weighted by Crippen LogP contribution is 2.27. The molecule has 29 heavy (non-hydrogen) atoms. The minimum atomic E-state index is -4.48. The quantitative estimate of drug-likeness (QED) is 0.590. The fourth-order valence-electron chi connectivity index (χ4n) is 3.10. The van der Waals surface area contributed by atoms with Gasteiger partial charge in [0, 0.05) is 24.5 Å². The number of fused-ring (bicyclic) bond motifs is 1. The normalized spacial score (nSPS) is 16.1. The SMILES string of the molecule is O=C(NCC(F)(F)F)c1cnc(Nc2ccc3c(c2)CCNC3)nc1NC1CC1. The molecule has 4 N–H and O–H groups in total. The first-order chi connectivity index (χ1) is 13.9. The van der Waals surface area contributed by atoms with Crippen molar-refractivity contribution in [3.63, 3.8) is 0 Å². The number of carbonyl (C=O) groups excluding carboxylic acids is 1. The number of rotatable bonds is 6. The van der Waals surface area contributed by atoms with Crippen molar-refractivity contribution in [1.29, 1.82) is 0 Å². The van der Waals surface area contributed by atoms with Crippen LogP contribution < -0.4 is 21.3 Å². The van der Waals surface area contributed by atoms with Crippen molar-refractivity contribution in [2.24, 2.45) is 0 Å². The lowest BCUT2D eigenvalue weighted by molar-refractivity contribution is -0.123. The number of aromatic nitrogens is 2. The molecule has 10 heteroatoms. The molecule has 1 aliphatic heterocycles. The lowest BCUT2D eigenvalue weighted by Crippen LogP contribution is -2.34. The minimum Gasteiger partial charge on any atom is -0.367 e. The summed E-state index contributed by atoms with van der Waals surface area (Å²) in [5, 5.41) is 11.4. The molecule has 1 saturated carbocycles. The van der Waals surface area contributed by atoms with Gasteiger partial charge in [-0.05, 0) is 49.1 Å². The van der Waals surface area contributed by atoms with Crippen LogP contribution in [0.4, 0.5) is 30.6 Å². The monoisotopic (exact) mass is 406 g/mol. The van der Waals surface area contributed by atoms with Crippen molar-refractivity contribution in [2.45, 2.75) is 38.0 Å². The van der Waals surface area contributed by atoms with E-state index in [1.54, 1.807) is 0 Å². The number of nitrogens with zero attached hydrogens (tertiary/aromatic N) is 2. The highest BCUT2D eigenvalue weighted by Gasteiger charge is 2.30. The summed E-state index contributed by atoms with van der Waals surface area (Å²) in [4.78, 5) is 20.6. The van der Waals surface area contributed by atoms with E-state index in [-0.39, 0.29) is 23.4 Å². The molecule has 0 bridgehead atoms. The zero-order chi connectivity index (χ0) is 20.4. The smallest absolute Gasteiger partial charge is 0.367 e. The van der Waals surface area contributed by atoms with Crippen LogP contribution in [-0.2, 0) is 13.0 Å². The molecule has 0 radical (unpaired) electrons. The Balaban J connectivity index is 1.53. The second-order valence-corrected chi connectivity index (χ2v) is 7.21. The average molecular weight is 406 g/mol. The molecular formula is C19H21F3N6O. The van der Waals surface area contributed by atoms with E-state index in [0.717, 1.165) is 38.0 Å². The molecule has 0 atom stereocenters. The predicted molar refractivity (Wildman–Crippen MR) is 102 cm³/mol. The van der Waals surface area contributed by atoms with E-state index in [2.05, 4.69) is 25.9 Å². The van der Waals surface area contributed by atoms with Crippen LogP contribution in [0.5, 0.6) is 0 Å². The first-order valence-corrected chi connectivity index (χ1v) is 9.45. The van der Waals surface area contributed by atoms with Crippen LogP contribution in [0.3, 0.4) is 0 Å². The highest BCUT2D eigenvalue weighted by molar-refractivity contribution is 5.98. The third-order valence-electron chi connectivity index (χ3n) is 4.75. The van der Waals surface area contributed by atoms with Gasteiger partial charge in [-0.1, -0.05) is 6.07 Å². The van der Waals surface area contributed by atoms with Crippen LogP contribution in [0, 0.1) is 0 Å². The highest BCUT2D eigenvalue weighted by atomic mass is 19.4. The molecular weight excluding hydrogens is 385 g/mol. The van der Waals surface area contributed by atoms with E-state index in [1.807, 2.05) is 23.5 Å². The van der Waals surface area contributed by atoms with Crippen LogP contribution in [0.2, 0.25) is 0 Å². The molecule has 0 spiro atoms. The zero-order valence-electron chi connectivity index (χ0n) is 15.6. The second kappa shape index (κ2) is 7.86. The number of amides is 1. The van der Waals surface area contributed by atoms with E-state index in [9.17, 15) is 18.0 Å². The van der Waals surface area contributed by atoms with Crippen molar-refractivity contribution in [1.82, 2.24) is 20.6 Å². The molecule has 1 aromatic heterocycles. The van der Waals surface area contributed by atoms with E-state index in [0.29, 0.717) is 0 Å². The summed E-state index contributed by atoms with van der Waals surface area (Å²) in [5.41, 5.74) is 3.30. The molecule has 4 rings (SSSR count). The predicted octanol–water partition coefficient (Wildman–Crippen LogP) is 2.73. The zero-order valence-corrected chi connectivity index (χ0v) is 15.6. The Morgan fingerprint density at radius 1 is 1.24 bits per heavy atom. The van der Waals surface area contributed by atoms with Gasteiger partial charge in [-0.2, -0.15) is 18.2 Å². The van der Waals surface area contributed by atoms with E-state index < -0.39 is 18.6 Å². The number of nitrogens with one attached hydrogen (secondary N) is 4. The summed E-state index contributed by atoms with van der Waals surface area (Å²) in [5.74, 6) is -0.362. The van der Waals surface area contributed by atoms with Crippen molar-refractivity contribution >= 4 is 23.4 Å². The van der Waals surface area contributed by atoms with Crippen molar-refractivity contribution in [3.8, 4) is 0 Å². The van der Waals surface area contributed by atoms with Gasteiger partial charge in [0.15, 0.2) is 0 Å². The van der Waals surface area contributed by atoms with Crippen molar-refractivity contribution < 1.29 is 18.0 Å². The molecule has 1 aliphatic carbocycles. The largest absolute Gasteiger partial charge is 0.405 e. The number of hydrogen-bond acceptors (Lipinski definition) is 6. The summed E-state index contributed by atoms with van der Waals surface area (Å²) < 4.78 is 37.2. The lowest BCUT2D eigenvalue weighted by atomic mass is 10.0. The number of carbonyl (C=O) groups is 1. The van der Waals surface area contributed by atoms with Crippen molar-refractivity contribution in [3.05, 3.63) is 41.1 Å². The van der Waals surface area contributed by atoms with Gasteiger partial charge in [-0.15, -0.1) is 0 Å². The van der Waals surface area contributed by atoms with Gasteiger partial charge in [0.05, 0.1) is 0 Å². The Morgan fingerprint density at radius 2 is 2.07 bits per heavy atom. The third kappa shape index (κ3) is 5.14. The summed E-state index contributed by atoms with van der Waals surface area (Å²) in [7, 11) is 0. The summed E-state index contributed by atoms with van der Waals surface area (Å²) in [6.45, 7) is 0.353. The molecule has 2 aromatic rings. The van der Waals surface area contributed by atoms with Crippen LogP contribution in [0.15, 0.2) is 24.4 Å². The number of halogens is 3. The molecule has 1 aromatic carbocycles. The van der Waals surface area contributed by atoms with E-state index in [4.69, 9.17) is 0 Å². The lowest BCUT2D eigenvalue weighted by Gasteiger charge is -2.18. The van der Waals surface area contributed by atoms with E-state index in [1.165, 1.54) is 17.3 Å². The van der Waals surface area contributed by atoms with Gasteiger partial charge in [0.2, 0.25) is 5.95 Å². The van der Waals surface area contributed by atoms with Gasteiger partial charge >= 0.3 is 6.18 Å². The Morgan fingerprint density at radius 3 is 2.83 bits per heavy atom. The number of hydrogen-bond donors (Lipinski definition) is 4. The minimum absolute atomic E-state index is 0.0109. The Hall–Kier alpha value is -2.88. The second-order valence-electron chi connectivity index (χ2n) is 7.21. The summed E-state index contributed by atoms with van der Waals surface area (Å²) in [6.07, 6.45) is -0.457. The van der Waals surface area contributed by atoms with Crippen molar-refractivity contribution in [2.75, 3.05) is 23.7 Å². The van der Waals surface area contributed by atoms with Crippen LogP contribution in [-0.4, -0.2) is 41.2 Å². The Labute approximate surface area is 165 Å². The molecule has 0 saturated heterocycles. The maximum atomic E-state index is 12.4. The van der Waals surface area contributed by atoms with Gasteiger partial charge in [-0.25, -0.2) is 4.98 Å². The fourth-order valence-corrected chi connectivity index (χ4v) is 3.10. The molecule has 154 valence electrons. The molecule has 0 unspecified atom stereocenters. The fraction of sp³-hybridized carbons (Fsp3) is 0.421. The maximum Gasteiger partial charge on any atom is 0.405 e. The number of benzene rings is 1. The summed E-state index contributed by atoms with van der Waals surface area (Å²) in [6, 6.07) is 6.17.